The number of carbonyl (C=O) groups is 3. The summed E-state index contributed by atoms with van der Waals surface area (Å²) in [6.45, 7) is 0.955. The SMILES string of the molecule is COC(=O)OC[C@@H]1C[C@@H](OC(C)=O)[C@H](n2cc(C=CC(=O)O)c(=O)[nH]c2=O)O1. The maximum Gasteiger partial charge on any atom is 0.508 e. The van der Waals surface area contributed by atoms with E-state index in [0.29, 0.717) is 0 Å². The monoisotopic (exact) mass is 398 g/mol. The molecule has 0 aliphatic carbocycles. The van der Waals surface area contributed by atoms with E-state index in [-0.39, 0.29) is 18.6 Å². The zero-order chi connectivity index (χ0) is 20.8. The summed E-state index contributed by atoms with van der Waals surface area (Å²) in [4.78, 5) is 59.2. The number of nitrogens with one attached hydrogen (secondary N) is 1. The maximum absolute atomic E-state index is 12.2. The number of carbonyl (C=O) groups excluding carboxylic acids is 2. The van der Waals surface area contributed by atoms with Crippen molar-refractivity contribution in [1.29, 1.82) is 0 Å². The van der Waals surface area contributed by atoms with Crippen molar-refractivity contribution in [2.75, 3.05) is 13.7 Å². The zero-order valence-corrected chi connectivity index (χ0v) is 14.9. The number of nitrogens with zero attached hydrogens (tertiary/aromatic N) is 1. The molecule has 0 bridgehead atoms. The van der Waals surface area contributed by atoms with Gasteiger partial charge in [0.15, 0.2) is 6.23 Å². The normalized spacial score (nSPS) is 21.4. The fourth-order valence-corrected chi connectivity index (χ4v) is 2.58. The molecule has 2 N–H and O–H groups in total. The quantitative estimate of drug-likeness (QED) is 0.477. The van der Waals surface area contributed by atoms with E-state index in [1.54, 1.807) is 0 Å². The van der Waals surface area contributed by atoms with E-state index in [1.807, 2.05) is 4.98 Å². The average molecular weight is 398 g/mol. The van der Waals surface area contributed by atoms with Crippen molar-refractivity contribution >= 4 is 24.2 Å². The fourth-order valence-electron chi connectivity index (χ4n) is 2.58. The van der Waals surface area contributed by atoms with Crippen LogP contribution in [0.5, 0.6) is 0 Å². The smallest absolute Gasteiger partial charge is 0.478 e. The van der Waals surface area contributed by atoms with Gasteiger partial charge in [0.2, 0.25) is 0 Å². The molecule has 152 valence electrons. The lowest BCUT2D eigenvalue weighted by molar-refractivity contribution is -0.152. The van der Waals surface area contributed by atoms with Crippen molar-refractivity contribution < 1.29 is 38.4 Å². The van der Waals surface area contributed by atoms with Crippen LogP contribution in [0.3, 0.4) is 0 Å². The second-order valence-corrected chi connectivity index (χ2v) is 5.72. The molecule has 1 aliphatic heterocycles. The van der Waals surface area contributed by atoms with Gasteiger partial charge in [0.05, 0.1) is 18.8 Å². The summed E-state index contributed by atoms with van der Waals surface area (Å²) in [5.41, 5.74) is -1.78. The van der Waals surface area contributed by atoms with Crippen LogP contribution >= 0.6 is 0 Å². The van der Waals surface area contributed by atoms with Crippen LogP contribution in [0.2, 0.25) is 0 Å². The molecule has 1 aromatic rings. The molecule has 2 heterocycles. The van der Waals surface area contributed by atoms with Crippen molar-refractivity contribution in [2.24, 2.45) is 0 Å². The molecule has 12 heteroatoms. The van der Waals surface area contributed by atoms with Crippen molar-refractivity contribution in [2.45, 2.75) is 31.8 Å². The maximum atomic E-state index is 12.2. The van der Waals surface area contributed by atoms with Crippen molar-refractivity contribution in [1.82, 2.24) is 9.55 Å². The number of H-pyrrole nitrogens is 1. The first-order valence-electron chi connectivity index (χ1n) is 8.01. The predicted molar refractivity (Wildman–Crippen MR) is 90.4 cm³/mol. The summed E-state index contributed by atoms with van der Waals surface area (Å²) in [7, 11) is 1.13. The molecule has 12 nitrogen and oxygen atoms in total. The van der Waals surface area contributed by atoms with Gasteiger partial charge in [-0.05, 0) is 6.08 Å². The van der Waals surface area contributed by atoms with Gasteiger partial charge in [-0.3, -0.25) is 19.1 Å². The molecule has 1 aromatic heterocycles. The summed E-state index contributed by atoms with van der Waals surface area (Å²) >= 11 is 0. The van der Waals surface area contributed by atoms with Crippen LogP contribution in [0, 0.1) is 0 Å². The first-order chi connectivity index (χ1) is 13.2. The third kappa shape index (κ3) is 5.30. The Balaban J connectivity index is 2.33. The highest BCUT2D eigenvalue weighted by atomic mass is 16.7. The molecule has 1 saturated heterocycles. The molecule has 2 rings (SSSR count). The summed E-state index contributed by atoms with van der Waals surface area (Å²) in [5, 5.41) is 8.70. The molecule has 0 saturated carbocycles. The molecule has 3 atom stereocenters. The van der Waals surface area contributed by atoms with E-state index in [9.17, 15) is 24.0 Å². The second-order valence-electron chi connectivity index (χ2n) is 5.72. The minimum atomic E-state index is -1.29. The number of hydrogen-bond acceptors (Lipinski definition) is 9. The molecule has 0 spiro atoms. The Morgan fingerprint density at radius 1 is 1.39 bits per heavy atom. The molecule has 28 heavy (non-hydrogen) atoms. The summed E-state index contributed by atoms with van der Waals surface area (Å²) in [6, 6.07) is 0. The standard InChI is InChI=1S/C16H18N2O10/c1-8(19)27-11-5-10(7-26-16(24)25-2)28-14(11)18-6-9(3-4-12(20)21)13(22)17-15(18)23/h3-4,6,10-11,14H,5,7H2,1-2H3,(H,20,21)(H,17,22,23)/t10-,11+,14+/m0/s1. The van der Waals surface area contributed by atoms with Crippen LogP contribution in [-0.4, -0.2) is 58.7 Å². The van der Waals surface area contributed by atoms with Gasteiger partial charge in [0.25, 0.3) is 5.56 Å². The van der Waals surface area contributed by atoms with Gasteiger partial charge in [0.1, 0.15) is 12.7 Å². The second kappa shape index (κ2) is 8.99. The van der Waals surface area contributed by atoms with E-state index < -0.39 is 47.8 Å². The van der Waals surface area contributed by atoms with Crippen LogP contribution in [0.1, 0.15) is 25.1 Å². The molecular formula is C16H18N2O10. The molecule has 0 aromatic carbocycles. The number of aromatic nitrogens is 2. The minimum absolute atomic E-state index is 0.104. The van der Waals surface area contributed by atoms with Gasteiger partial charge in [-0.15, -0.1) is 0 Å². The number of ether oxygens (including phenoxy) is 4. The van der Waals surface area contributed by atoms with Gasteiger partial charge in [-0.1, -0.05) is 0 Å². The lowest BCUT2D eigenvalue weighted by atomic mass is 10.2. The van der Waals surface area contributed by atoms with Crippen molar-refractivity contribution in [3.05, 3.63) is 38.7 Å². The van der Waals surface area contributed by atoms with Crippen LogP contribution in [0.15, 0.2) is 21.9 Å². The number of aliphatic carboxylic acids is 1. The van der Waals surface area contributed by atoms with Crippen molar-refractivity contribution in [3.8, 4) is 0 Å². The highest BCUT2D eigenvalue weighted by molar-refractivity contribution is 5.85. The lowest BCUT2D eigenvalue weighted by Crippen LogP contribution is -2.37. The van der Waals surface area contributed by atoms with Crippen LogP contribution < -0.4 is 11.2 Å². The highest BCUT2D eigenvalue weighted by Crippen LogP contribution is 2.30. The topological polar surface area (TPSA) is 163 Å². The summed E-state index contributed by atoms with van der Waals surface area (Å²) < 4.78 is 20.9. The number of hydrogen-bond donors (Lipinski definition) is 2. The fraction of sp³-hybridized carbons (Fsp3) is 0.438. The first-order valence-corrected chi connectivity index (χ1v) is 8.01. The van der Waals surface area contributed by atoms with E-state index >= 15 is 0 Å². The molecule has 0 amide bonds. The Labute approximate surface area is 157 Å². The van der Waals surface area contributed by atoms with Crippen molar-refractivity contribution in [3.63, 3.8) is 0 Å². The van der Waals surface area contributed by atoms with Gasteiger partial charge >= 0.3 is 23.8 Å². The minimum Gasteiger partial charge on any atom is -0.478 e. The highest BCUT2D eigenvalue weighted by Gasteiger charge is 2.40. The molecule has 1 aliphatic rings. The number of methoxy groups -OCH3 is 1. The zero-order valence-electron chi connectivity index (χ0n) is 14.9. The van der Waals surface area contributed by atoms with E-state index in [4.69, 9.17) is 19.3 Å². The van der Waals surface area contributed by atoms with E-state index in [1.165, 1.54) is 6.92 Å². The Hall–Kier alpha value is -3.41. The number of rotatable bonds is 6. The summed E-state index contributed by atoms with van der Waals surface area (Å²) in [6.07, 6.45) is -0.766. The molecule has 0 unspecified atom stereocenters. The van der Waals surface area contributed by atoms with Gasteiger partial charge in [-0.2, -0.15) is 0 Å². The third-order valence-corrected chi connectivity index (χ3v) is 3.69. The lowest BCUT2D eigenvalue weighted by Gasteiger charge is -2.20. The van der Waals surface area contributed by atoms with Gasteiger partial charge in [0, 0.05) is 25.6 Å². The van der Waals surface area contributed by atoms with Gasteiger partial charge in [-0.25, -0.2) is 14.4 Å². The number of esters is 1. The Morgan fingerprint density at radius 3 is 2.71 bits per heavy atom. The number of carboxylic acid groups (broad SMARTS) is 1. The third-order valence-electron chi connectivity index (χ3n) is 3.69. The van der Waals surface area contributed by atoms with E-state index in [0.717, 1.165) is 30.0 Å². The Bertz CT molecular complexity index is 899. The van der Waals surface area contributed by atoms with Crippen LogP contribution in [0.4, 0.5) is 4.79 Å². The predicted octanol–water partition coefficient (Wildman–Crippen LogP) is -0.363. The largest absolute Gasteiger partial charge is 0.508 e. The Kier molecular flexibility index (Phi) is 6.71. The van der Waals surface area contributed by atoms with E-state index in [2.05, 4.69) is 4.74 Å². The van der Waals surface area contributed by atoms with Crippen LogP contribution in [0.25, 0.3) is 6.08 Å². The molecular weight excluding hydrogens is 380 g/mol. The number of carboxylic acids is 1. The Morgan fingerprint density at radius 2 is 2.11 bits per heavy atom. The first kappa shape index (κ1) is 20.9. The molecule has 1 fully saturated rings. The molecule has 0 radical (unpaired) electrons. The average Bonchev–Trinajstić information content (AvgIpc) is 3.00. The number of aromatic amines is 1. The van der Waals surface area contributed by atoms with Crippen LogP contribution in [-0.2, 0) is 28.5 Å². The van der Waals surface area contributed by atoms with Gasteiger partial charge < -0.3 is 24.1 Å². The summed E-state index contributed by atoms with van der Waals surface area (Å²) in [5.74, 6) is -1.91.